The average molecular weight is 459 g/mol. The van der Waals surface area contributed by atoms with Crippen molar-refractivity contribution in [2.45, 2.75) is 28.6 Å². The van der Waals surface area contributed by atoms with Crippen LogP contribution in [0, 0.1) is 0 Å². The van der Waals surface area contributed by atoms with Gasteiger partial charge in [0.1, 0.15) is 0 Å². The Morgan fingerprint density at radius 1 is 1.23 bits per heavy atom. The van der Waals surface area contributed by atoms with Crippen molar-refractivity contribution in [3.05, 3.63) is 70.9 Å². The molecule has 1 atom stereocenters. The first kappa shape index (κ1) is 20.9. The SMILES string of the molecule is CS(=O)c1cc(NSc2cc(C(=O)O)ccc2C2CC2)c(-c2ccccn2)cc1Cl. The minimum atomic E-state index is -1.25. The fourth-order valence-electron chi connectivity index (χ4n) is 3.19. The summed E-state index contributed by atoms with van der Waals surface area (Å²) in [5.74, 6) is -0.486. The molecule has 0 amide bonds. The number of rotatable bonds is 7. The van der Waals surface area contributed by atoms with Gasteiger partial charge in [0.25, 0.3) is 0 Å². The molecule has 1 fully saturated rings. The van der Waals surface area contributed by atoms with E-state index in [2.05, 4.69) is 9.71 Å². The molecule has 1 aromatic heterocycles. The van der Waals surface area contributed by atoms with E-state index in [9.17, 15) is 14.1 Å². The number of nitrogens with zero attached hydrogens (tertiary/aromatic N) is 1. The molecular formula is C22H19ClN2O3S2. The number of anilines is 1. The Labute approximate surface area is 186 Å². The van der Waals surface area contributed by atoms with Crippen molar-refractivity contribution in [2.24, 2.45) is 0 Å². The Morgan fingerprint density at radius 3 is 2.67 bits per heavy atom. The van der Waals surface area contributed by atoms with Crippen molar-refractivity contribution in [1.29, 1.82) is 0 Å². The summed E-state index contributed by atoms with van der Waals surface area (Å²) < 4.78 is 15.5. The van der Waals surface area contributed by atoms with Gasteiger partial charge >= 0.3 is 5.97 Å². The zero-order chi connectivity index (χ0) is 21.3. The van der Waals surface area contributed by atoms with Gasteiger partial charge in [-0.2, -0.15) is 0 Å². The summed E-state index contributed by atoms with van der Waals surface area (Å²) in [4.78, 5) is 17.2. The topological polar surface area (TPSA) is 79.3 Å². The van der Waals surface area contributed by atoms with E-state index in [1.165, 1.54) is 11.9 Å². The minimum Gasteiger partial charge on any atom is -0.478 e. The number of halogens is 1. The van der Waals surface area contributed by atoms with E-state index >= 15 is 0 Å². The number of hydrogen-bond donors (Lipinski definition) is 2. The van der Waals surface area contributed by atoms with Crippen LogP contribution < -0.4 is 4.72 Å². The van der Waals surface area contributed by atoms with Crippen molar-refractivity contribution in [1.82, 2.24) is 4.98 Å². The van der Waals surface area contributed by atoms with Gasteiger partial charge in [0.05, 0.1) is 37.7 Å². The summed E-state index contributed by atoms with van der Waals surface area (Å²) in [7, 11) is -1.25. The van der Waals surface area contributed by atoms with Crippen LogP contribution in [0.4, 0.5) is 5.69 Å². The molecule has 1 heterocycles. The second kappa shape index (κ2) is 8.79. The van der Waals surface area contributed by atoms with E-state index in [1.54, 1.807) is 36.7 Å². The lowest BCUT2D eigenvalue weighted by Crippen LogP contribution is -2.00. The van der Waals surface area contributed by atoms with E-state index in [0.717, 1.165) is 40.2 Å². The van der Waals surface area contributed by atoms with Gasteiger partial charge in [0, 0.05) is 22.9 Å². The second-order valence-corrected chi connectivity index (χ2v) is 9.64. The first-order valence-electron chi connectivity index (χ1n) is 9.32. The fourth-order valence-corrected chi connectivity index (χ4v) is 5.22. The number of nitrogens with one attached hydrogen (secondary N) is 1. The van der Waals surface area contributed by atoms with Gasteiger partial charge in [-0.3, -0.25) is 9.19 Å². The molecule has 0 radical (unpaired) electrons. The van der Waals surface area contributed by atoms with E-state index in [1.807, 2.05) is 24.3 Å². The maximum Gasteiger partial charge on any atom is 0.335 e. The van der Waals surface area contributed by atoms with Gasteiger partial charge in [-0.25, -0.2) is 4.79 Å². The van der Waals surface area contributed by atoms with Crippen LogP contribution in [0.25, 0.3) is 11.3 Å². The van der Waals surface area contributed by atoms with Crippen LogP contribution in [0.15, 0.2) is 64.5 Å². The number of hydrogen-bond acceptors (Lipinski definition) is 5. The third-order valence-electron chi connectivity index (χ3n) is 4.87. The van der Waals surface area contributed by atoms with Crippen LogP contribution in [0.2, 0.25) is 5.02 Å². The maximum absolute atomic E-state index is 12.1. The lowest BCUT2D eigenvalue weighted by atomic mass is 10.1. The highest BCUT2D eigenvalue weighted by molar-refractivity contribution is 8.00. The van der Waals surface area contributed by atoms with E-state index in [0.29, 0.717) is 15.8 Å². The van der Waals surface area contributed by atoms with Gasteiger partial charge in [-0.1, -0.05) is 23.7 Å². The summed E-state index contributed by atoms with van der Waals surface area (Å²) >= 11 is 7.73. The molecule has 3 aromatic rings. The first-order chi connectivity index (χ1) is 14.4. The molecule has 0 saturated heterocycles. The number of aromatic nitrogens is 1. The molecule has 30 heavy (non-hydrogen) atoms. The lowest BCUT2D eigenvalue weighted by Gasteiger charge is -2.16. The minimum absolute atomic E-state index is 0.250. The Bertz CT molecular complexity index is 1130. The van der Waals surface area contributed by atoms with Crippen molar-refractivity contribution < 1.29 is 14.1 Å². The van der Waals surface area contributed by atoms with Gasteiger partial charge < -0.3 is 9.83 Å². The number of carboxylic acids is 1. The van der Waals surface area contributed by atoms with Crippen LogP contribution in [0.1, 0.15) is 34.7 Å². The molecule has 8 heteroatoms. The van der Waals surface area contributed by atoms with Crippen LogP contribution in [-0.2, 0) is 10.8 Å². The Kier molecular flexibility index (Phi) is 6.13. The molecule has 0 bridgehead atoms. The average Bonchev–Trinajstić information content (AvgIpc) is 3.58. The molecule has 1 saturated carbocycles. The summed E-state index contributed by atoms with van der Waals surface area (Å²) in [5.41, 5.74) is 3.63. The van der Waals surface area contributed by atoms with Crippen molar-refractivity contribution in [2.75, 3.05) is 11.0 Å². The monoisotopic (exact) mass is 458 g/mol. The highest BCUT2D eigenvalue weighted by Gasteiger charge is 2.27. The smallest absolute Gasteiger partial charge is 0.335 e. The van der Waals surface area contributed by atoms with E-state index in [-0.39, 0.29) is 5.56 Å². The van der Waals surface area contributed by atoms with Crippen LogP contribution >= 0.6 is 23.5 Å². The molecule has 4 rings (SSSR count). The quantitative estimate of drug-likeness (QED) is 0.433. The highest BCUT2D eigenvalue weighted by Crippen LogP contribution is 2.45. The molecule has 1 aliphatic rings. The molecule has 0 aliphatic heterocycles. The maximum atomic E-state index is 12.1. The fraction of sp³-hybridized carbons (Fsp3) is 0.182. The van der Waals surface area contributed by atoms with Crippen molar-refractivity contribution in [3.8, 4) is 11.3 Å². The predicted octanol–water partition coefficient (Wildman–Crippen LogP) is 5.83. The standard InChI is InChI=1S/C22H19ClN2O3S2/c1-30(28)21-12-19(16(11-17(21)23)18-4-2-3-9-24-18)25-29-20-10-14(22(26)27)7-8-15(20)13-5-6-13/h2-4,7-13,25H,5-6H2,1H3,(H,26,27). The summed E-state index contributed by atoms with van der Waals surface area (Å²) in [6.45, 7) is 0. The van der Waals surface area contributed by atoms with E-state index < -0.39 is 16.8 Å². The number of benzene rings is 2. The zero-order valence-electron chi connectivity index (χ0n) is 16.1. The lowest BCUT2D eigenvalue weighted by molar-refractivity contribution is 0.0696. The summed E-state index contributed by atoms with van der Waals surface area (Å²) in [6.07, 6.45) is 5.51. The first-order valence-corrected chi connectivity index (χ1v) is 12.1. The molecule has 154 valence electrons. The molecule has 2 N–H and O–H groups in total. The number of aromatic carboxylic acids is 1. The van der Waals surface area contributed by atoms with Gasteiger partial charge in [0.15, 0.2) is 0 Å². The van der Waals surface area contributed by atoms with E-state index in [4.69, 9.17) is 11.6 Å². The third-order valence-corrected chi connectivity index (χ3v) is 7.15. The van der Waals surface area contributed by atoms with Crippen molar-refractivity contribution in [3.63, 3.8) is 0 Å². The van der Waals surface area contributed by atoms with Gasteiger partial charge in [-0.15, -0.1) is 0 Å². The van der Waals surface area contributed by atoms with Crippen LogP contribution in [-0.4, -0.2) is 26.5 Å². The second-order valence-electron chi connectivity index (χ2n) is 7.03. The van der Waals surface area contributed by atoms with Crippen molar-refractivity contribution >= 4 is 46.0 Å². The van der Waals surface area contributed by atoms with Gasteiger partial charge in [0.2, 0.25) is 0 Å². The molecule has 0 spiro atoms. The highest BCUT2D eigenvalue weighted by atomic mass is 35.5. The normalized spacial score (nSPS) is 14.3. The molecule has 1 unspecified atom stereocenters. The summed E-state index contributed by atoms with van der Waals surface area (Å²) in [5, 5.41) is 9.79. The molecule has 2 aromatic carbocycles. The van der Waals surface area contributed by atoms with Crippen LogP contribution in [0.3, 0.4) is 0 Å². The number of pyridine rings is 1. The number of carbonyl (C=O) groups is 1. The predicted molar refractivity (Wildman–Crippen MR) is 122 cm³/mol. The third kappa shape index (κ3) is 4.53. The molecular weight excluding hydrogens is 440 g/mol. The van der Waals surface area contributed by atoms with Gasteiger partial charge in [-0.05, 0) is 72.7 Å². The Balaban J connectivity index is 1.72. The number of carboxylic acid groups (broad SMARTS) is 1. The Hall–Kier alpha value is -2.35. The zero-order valence-corrected chi connectivity index (χ0v) is 18.5. The van der Waals surface area contributed by atoms with Crippen LogP contribution in [0.5, 0.6) is 0 Å². The summed E-state index contributed by atoms with van der Waals surface area (Å²) in [6, 6.07) is 14.4. The largest absolute Gasteiger partial charge is 0.478 e. The molecule has 5 nitrogen and oxygen atoms in total. The Morgan fingerprint density at radius 2 is 2.03 bits per heavy atom. The molecule has 1 aliphatic carbocycles.